The Labute approximate surface area is 108 Å². The third kappa shape index (κ3) is 3.59. The number of nitrogens with two attached hydrogens (primary N) is 1. The zero-order valence-corrected chi connectivity index (χ0v) is 11.5. The summed E-state index contributed by atoms with van der Waals surface area (Å²) in [6.07, 6.45) is 2.76. The molecule has 1 atom stereocenters. The Kier molecular flexibility index (Phi) is 4.74. The molecular formula is C11H16BrN3O2. The first-order chi connectivity index (χ1) is 7.95. The van der Waals surface area contributed by atoms with Crippen LogP contribution < -0.4 is 11.1 Å². The Morgan fingerprint density at radius 1 is 1.59 bits per heavy atom. The molecule has 0 bridgehead atoms. The first-order valence-corrected chi connectivity index (χ1v) is 6.20. The zero-order valence-electron chi connectivity index (χ0n) is 9.87. The molecular weight excluding hydrogens is 286 g/mol. The van der Waals surface area contributed by atoms with Gasteiger partial charge in [-0.1, -0.05) is 6.92 Å². The van der Waals surface area contributed by atoms with Crippen LogP contribution in [0.5, 0.6) is 0 Å². The van der Waals surface area contributed by atoms with Crippen LogP contribution in [-0.2, 0) is 11.3 Å². The van der Waals surface area contributed by atoms with Gasteiger partial charge in [0.05, 0.1) is 0 Å². The second-order valence-electron chi connectivity index (χ2n) is 3.83. The van der Waals surface area contributed by atoms with Crippen LogP contribution >= 0.6 is 15.9 Å². The number of aryl methyl sites for hydroxylation is 1. The molecule has 1 aromatic heterocycles. The molecule has 5 nitrogen and oxygen atoms in total. The molecule has 1 aromatic rings. The molecule has 3 N–H and O–H groups in total. The summed E-state index contributed by atoms with van der Waals surface area (Å²) in [5.41, 5.74) is 5.61. The monoisotopic (exact) mass is 301 g/mol. The van der Waals surface area contributed by atoms with Crippen molar-refractivity contribution < 1.29 is 9.59 Å². The fraction of sp³-hybridized carbons (Fsp3) is 0.455. The van der Waals surface area contributed by atoms with E-state index < -0.39 is 11.9 Å². The van der Waals surface area contributed by atoms with E-state index >= 15 is 0 Å². The van der Waals surface area contributed by atoms with E-state index in [1.165, 1.54) is 0 Å². The minimum Gasteiger partial charge on any atom is -0.368 e. The van der Waals surface area contributed by atoms with E-state index in [9.17, 15) is 9.59 Å². The van der Waals surface area contributed by atoms with Crippen molar-refractivity contribution in [2.24, 2.45) is 5.73 Å². The highest BCUT2D eigenvalue weighted by atomic mass is 79.9. The zero-order chi connectivity index (χ0) is 13.0. The van der Waals surface area contributed by atoms with Crippen LogP contribution in [0, 0.1) is 0 Å². The van der Waals surface area contributed by atoms with Crippen molar-refractivity contribution in [2.45, 2.75) is 32.9 Å². The molecule has 1 rings (SSSR count). The van der Waals surface area contributed by atoms with Crippen molar-refractivity contribution in [1.29, 1.82) is 0 Å². The SMILES string of the molecule is CCCn1cc(Br)cc1C(=O)NC(C)C(N)=O. The minimum absolute atomic E-state index is 0.296. The van der Waals surface area contributed by atoms with Gasteiger partial charge in [0.2, 0.25) is 5.91 Å². The highest BCUT2D eigenvalue weighted by molar-refractivity contribution is 9.10. The van der Waals surface area contributed by atoms with Gasteiger partial charge in [-0.25, -0.2) is 0 Å². The minimum atomic E-state index is -0.675. The van der Waals surface area contributed by atoms with Gasteiger partial charge in [0.25, 0.3) is 5.91 Å². The second kappa shape index (κ2) is 5.86. The summed E-state index contributed by atoms with van der Waals surface area (Å²) >= 11 is 3.32. The van der Waals surface area contributed by atoms with Crippen molar-refractivity contribution >= 4 is 27.7 Å². The molecule has 0 aliphatic carbocycles. The van der Waals surface area contributed by atoms with Crippen LogP contribution in [0.25, 0.3) is 0 Å². The van der Waals surface area contributed by atoms with Gasteiger partial charge < -0.3 is 15.6 Å². The van der Waals surface area contributed by atoms with Crippen molar-refractivity contribution in [3.05, 3.63) is 22.4 Å². The number of aromatic nitrogens is 1. The van der Waals surface area contributed by atoms with E-state index in [1.54, 1.807) is 13.0 Å². The standard InChI is InChI=1S/C11H16BrN3O2/c1-3-4-15-6-8(12)5-9(15)11(17)14-7(2)10(13)16/h5-7H,3-4H2,1-2H3,(H2,13,16)(H,14,17). The lowest BCUT2D eigenvalue weighted by molar-refractivity contribution is -0.119. The van der Waals surface area contributed by atoms with Gasteiger partial charge in [-0.3, -0.25) is 9.59 Å². The highest BCUT2D eigenvalue weighted by Crippen LogP contribution is 2.15. The third-order valence-corrected chi connectivity index (χ3v) is 2.77. The number of rotatable bonds is 5. The largest absolute Gasteiger partial charge is 0.368 e. The first-order valence-electron chi connectivity index (χ1n) is 5.41. The lowest BCUT2D eigenvalue weighted by Crippen LogP contribution is -2.42. The molecule has 1 unspecified atom stereocenters. The number of hydrogen-bond acceptors (Lipinski definition) is 2. The predicted octanol–water partition coefficient (Wildman–Crippen LogP) is 1.26. The molecule has 0 aromatic carbocycles. The molecule has 0 saturated carbocycles. The Morgan fingerprint density at radius 3 is 2.76 bits per heavy atom. The van der Waals surface area contributed by atoms with Gasteiger partial charge in [-0.15, -0.1) is 0 Å². The summed E-state index contributed by atoms with van der Waals surface area (Å²) < 4.78 is 2.68. The quantitative estimate of drug-likeness (QED) is 0.859. The summed E-state index contributed by atoms with van der Waals surface area (Å²) in [6, 6.07) is 1.05. The summed E-state index contributed by atoms with van der Waals surface area (Å²) in [5, 5.41) is 2.55. The number of amides is 2. The number of primary amides is 1. The Balaban J connectivity index is 2.84. The Bertz CT molecular complexity index is 428. The van der Waals surface area contributed by atoms with Gasteiger partial charge in [0.15, 0.2) is 0 Å². The molecule has 2 amide bonds. The van der Waals surface area contributed by atoms with Crippen LogP contribution in [0.2, 0.25) is 0 Å². The molecule has 0 spiro atoms. The topological polar surface area (TPSA) is 77.1 Å². The van der Waals surface area contributed by atoms with E-state index in [0.717, 1.165) is 17.4 Å². The lowest BCUT2D eigenvalue weighted by Gasteiger charge is -2.11. The molecule has 94 valence electrons. The van der Waals surface area contributed by atoms with Gasteiger partial charge >= 0.3 is 0 Å². The molecule has 17 heavy (non-hydrogen) atoms. The number of halogens is 1. The number of carbonyl (C=O) groups excluding carboxylic acids is 2. The van der Waals surface area contributed by atoms with Gasteiger partial charge in [0.1, 0.15) is 11.7 Å². The van der Waals surface area contributed by atoms with Gasteiger partial charge in [-0.2, -0.15) is 0 Å². The summed E-state index contributed by atoms with van der Waals surface area (Å²) in [5.74, 6) is -0.846. The number of nitrogens with one attached hydrogen (secondary N) is 1. The molecule has 0 radical (unpaired) electrons. The molecule has 0 aliphatic rings. The van der Waals surface area contributed by atoms with Crippen molar-refractivity contribution in [3.63, 3.8) is 0 Å². The summed E-state index contributed by atoms with van der Waals surface area (Å²) in [6.45, 7) is 4.34. The molecule has 0 fully saturated rings. The van der Waals surface area contributed by atoms with Crippen molar-refractivity contribution in [3.8, 4) is 0 Å². The number of nitrogens with zero attached hydrogens (tertiary/aromatic N) is 1. The van der Waals surface area contributed by atoms with Crippen LogP contribution in [0.15, 0.2) is 16.7 Å². The third-order valence-electron chi connectivity index (χ3n) is 2.33. The van der Waals surface area contributed by atoms with Crippen LogP contribution in [-0.4, -0.2) is 22.4 Å². The van der Waals surface area contributed by atoms with E-state index in [4.69, 9.17) is 5.73 Å². The van der Waals surface area contributed by atoms with Gasteiger partial charge in [-0.05, 0) is 35.3 Å². The van der Waals surface area contributed by atoms with Crippen LogP contribution in [0.4, 0.5) is 0 Å². The highest BCUT2D eigenvalue weighted by Gasteiger charge is 2.17. The smallest absolute Gasteiger partial charge is 0.268 e. The predicted molar refractivity (Wildman–Crippen MR) is 68.5 cm³/mol. The van der Waals surface area contributed by atoms with Crippen LogP contribution in [0.3, 0.4) is 0 Å². The average Bonchev–Trinajstić information content (AvgIpc) is 2.60. The van der Waals surface area contributed by atoms with E-state index in [2.05, 4.69) is 21.2 Å². The fourth-order valence-electron chi connectivity index (χ4n) is 1.43. The maximum Gasteiger partial charge on any atom is 0.268 e. The Morgan fingerprint density at radius 2 is 2.24 bits per heavy atom. The first kappa shape index (κ1) is 13.8. The normalized spacial score (nSPS) is 12.2. The lowest BCUT2D eigenvalue weighted by atomic mass is 10.3. The summed E-state index contributed by atoms with van der Waals surface area (Å²) in [7, 11) is 0. The van der Waals surface area contributed by atoms with E-state index in [0.29, 0.717) is 5.69 Å². The van der Waals surface area contributed by atoms with E-state index in [-0.39, 0.29) is 5.91 Å². The number of hydrogen-bond donors (Lipinski definition) is 2. The van der Waals surface area contributed by atoms with Crippen LogP contribution in [0.1, 0.15) is 30.8 Å². The summed E-state index contributed by atoms with van der Waals surface area (Å²) in [4.78, 5) is 22.8. The number of carbonyl (C=O) groups is 2. The maximum atomic E-state index is 11.9. The second-order valence-corrected chi connectivity index (χ2v) is 4.75. The van der Waals surface area contributed by atoms with Crippen molar-refractivity contribution in [2.75, 3.05) is 0 Å². The van der Waals surface area contributed by atoms with Crippen molar-refractivity contribution in [1.82, 2.24) is 9.88 Å². The Hall–Kier alpha value is -1.30. The molecule has 1 heterocycles. The molecule has 0 saturated heterocycles. The average molecular weight is 302 g/mol. The maximum absolute atomic E-state index is 11.9. The molecule has 6 heteroatoms. The molecule has 0 aliphatic heterocycles. The van der Waals surface area contributed by atoms with Gasteiger partial charge in [0, 0.05) is 17.2 Å². The fourth-order valence-corrected chi connectivity index (χ4v) is 1.90. The van der Waals surface area contributed by atoms with E-state index in [1.807, 2.05) is 17.7 Å².